The van der Waals surface area contributed by atoms with E-state index < -0.39 is 12.1 Å². The predicted octanol–water partition coefficient (Wildman–Crippen LogP) is 1.89. The van der Waals surface area contributed by atoms with Crippen LogP contribution in [-0.2, 0) is 9.59 Å². The van der Waals surface area contributed by atoms with Crippen LogP contribution in [-0.4, -0.2) is 23.1 Å². The van der Waals surface area contributed by atoms with Crippen LogP contribution in [0.25, 0.3) is 0 Å². The van der Waals surface area contributed by atoms with Crippen LogP contribution in [0.5, 0.6) is 5.75 Å². The minimum Gasteiger partial charge on any atom is -0.478 e. The van der Waals surface area contributed by atoms with Gasteiger partial charge in [0.1, 0.15) is 5.75 Å². The summed E-state index contributed by atoms with van der Waals surface area (Å²) in [7, 11) is 0. The molecule has 0 heterocycles. The molecule has 0 saturated heterocycles. The highest BCUT2D eigenvalue weighted by Gasteiger charge is 2.38. The van der Waals surface area contributed by atoms with Crippen molar-refractivity contribution in [3.05, 3.63) is 24.3 Å². The van der Waals surface area contributed by atoms with E-state index in [-0.39, 0.29) is 11.8 Å². The van der Waals surface area contributed by atoms with E-state index in [9.17, 15) is 9.59 Å². The number of anilines is 1. The highest BCUT2D eigenvalue weighted by molar-refractivity contribution is 5.90. The zero-order chi connectivity index (χ0) is 13.1. The van der Waals surface area contributed by atoms with Crippen molar-refractivity contribution < 1.29 is 19.4 Å². The standard InChI is InChI=1S/C13H15NO4/c1-8(15)14-10-4-2-3-5-11(10)18-12(13(16)17)9-6-7-9/h2-5,9,12H,6-7H2,1H3,(H,14,15)(H,16,17). The quantitative estimate of drug-likeness (QED) is 0.835. The first-order chi connectivity index (χ1) is 8.58. The number of carbonyl (C=O) groups excluding carboxylic acids is 1. The van der Waals surface area contributed by atoms with Gasteiger partial charge in [0.05, 0.1) is 5.69 Å². The van der Waals surface area contributed by atoms with Crippen molar-refractivity contribution in [2.75, 3.05) is 5.32 Å². The van der Waals surface area contributed by atoms with Gasteiger partial charge in [0.25, 0.3) is 0 Å². The average molecular weight is 249 g/mol. The molecule has 1 unspecified atom stereocenters. The summed E-state index contributed by atoms with van der Waals surface area (Å²) in [6, 6.07) is 6.84. The van der Waals surface area contributed by atoms with Crippen LogP contribution in [0.15, 0.2) is 24.3 Å². The minimum atomic E-state index is -0.963. The number of benzene rings is 1. The molecule has 1 aromatic rings. The third-order valence-electron chi connectivity index (χ3n) is 2.75. The van der Waals surface area contributed by atoms with Crippen molar-refractivity contribution in [2.45, 2.75) is 25.9 Å². The normalized spacial score (nSPS) is 15.8. The summed E-state index contributed by atoms with van der Waals surface area (Å²) in [5, 5.41) is 11.7. The van der Waals surface area contributed by atoms with E-state index in [1.165, 1.54) is 6.92 Å². The molecule has 18 heavy (non-hydrogen) atoms. The number of carboxylic acid groups (broad SMARTS) is 1. The topological polar surface area (TPSA) is 75.6 Å². The van der Waals surface area contributed by atoms with Crippen molar-refractivity contribution >= 4 is 17.6 Å². The largest absolute Gasteiger partial charge is 0.478 e. The van der Waals surface area contributed by atoms with Gasteiger partial charge in [-0.05, 0) is 25.0 Å². The first-order valence-corrected chi connectivity index (χ1v) is 5.84. The molecule has 1 aliphatic rings. The van der Waals surface area contributed by atoms with Gasteiger partial charge in [-0.15, -0.1) is 0 Å². The lowest BCUT2D eigenvalue weighted by Crippen LogP contribution is -2.29. The fourth-order valence-electron chi connectivity index (χ4n) is 1.75. The lowest BCUT2D eigenvalue weighted by molar-refractivity contribution is -0.146. The Hall–Kier alpha value is -2.04. The number of rotatable bonds is 5. The third kappa shape index (κ3) is 3.00. The molecule has 96 valence electrons. The molecule has 1 aliphatic carbocycles. The summed E-state index contributed by atoms with van der Waals surface area (Å²) < 4.78 is 5.52. The van der Waals surface area contributed by atoms with Gasteiger partial charge in [-0.2, -0.15) is 0 Å². The lowest BCUT2D eigenvalue weighted by atomic mass is 10.2. The van der Waals surface area contributed by atoms with Gasteiger partial charge < -0.3 is 15.2 Å². The van der Waals surface area contributed by atoms with Crippen LogP contribution in [0, 0.1) is 5.92 Å². The molecular weight excluding hydrogens is 234 g/mol. The number of para-hydroxylation sites is 2. The van der Waals surface area contributed by atoms with E-state index in [0.29, 0.717) is 11.4 Å². The highest BCUT2D eigenvalue weighted by Crippen LogP contribution is 2.36. The van der Waals surface area contributed by atoms with E-state index in [0.717, 1.165) is 12.8 Å². The van der Waals surface area contributed by atoms with Crippen molar-refractivity contribution in [3.63, 3.8) is 0 Å². The number of carboxylic acids is 1. The minimum absolute atomic E-state index is 0.0767. The molecular formula is C13H15NO4. The molecule has 1 fully saturated rings. The number of nitrogens with one attached hydrogen (secondary N) is 1. The Kier molecular flexibility index (Phi) is 3.50. The SMILES string of the molecule is CC(=O)Nc1ccccc1OC(C(=O)O)C1CC1. The maximum absolute atomic E-state index is 11.1. The number of hydrogen-bond acceptors (Lipinski definition) is 3. The zero-order valence-corrected chi connectivity index (χ0v) is 10.1. The molecule has 2 N–H and O–H groups in total. The number of amides is 1. The lowest BCUT2D eigenvalue weighted by Gasteiger charge is -2.17. The Labute approximate surface area is 105 Å². The Morgan fingerprint density at radius 2 is 2.06 bits per heavy atom. The molecule has 0 aromatic heterocycles. The van der Waals surface area contributed by atoms with E-state index in [2.05, 4.69) is 5.32 Å². The van der Waals surface area contributed by atoms with Crippen LogP contribution in [0.2, 0.25) is 0 Å². The second-order valence-electron chi connectivity index (χ2n) is 4.39. The molecule has 1 amide bonds. The maximum atomic E-state index is 11.1. The first kappa shape index (κ1) is 12.4. The monoisotopic (exact) mass is 249 g/mol. The van der Waals surface area contributed by atoms with Crippen molar-refractivity contribution in [1.82, 2.24) is 0 Å². The molecule has 0 spiro atoms. The highest BCUT2D eigenvalue weighted by atomic mass is 16.5. The first-order valence-electron chi connectivity index (χ1n) is 5.84. The van der Waals surface area contributed by atoms with Gasteiger partial charge in [-0.1, -0.05) is 12.1 Å². The Bertz CT molecular complexity index is 468. The van der Waals surface area contributed by atoms with Gasteiger partial charge in [-0.25, -0.2) is 4.79 Å². The molecule has 0 aliphatic heterocycles. The summed E-state index contributed by atoms with van der Waals surface area (Å²) in [4.78, 5) is 22.2. The molecule has 5 nitrogen and oxygen atoms in total. The molecule has 1 aromatic carbocycles. The number of aliphatic carboxylic acids is 1. The smallest absolute Gasteiger partial charge is 0.345 e. The van der Waals surface area contributed by atoms with Crippen LogP contribution in [0.4, 0.5) is 5.69 Å². The van der Waals surface area contributed by atoms with Crippen LogP contribution in [0.1, 0.15) is 19.8 Å². The van der Waals surface area contributed by atoms with Crippen molar-refractivity contribution in [3.8, 4) is 5.75 Å². The van der Waals surface area contributed by atoms with Crippen LogP contribution in [0.3, 0.4) is 0 Å². The van der Waals surface area contributed by atoms with Crippen LogP contribution < -0.4 is 10.1 Å². The maximum Gasteiger partial charge on any atom is 0.345 e. The average Bonchev–Trinajstić information content (AvgIpc) is 3.10. The molecule has 0 radical (unpaired) electrons. The summed E-state index contributed by atoms with van der Waals surface area (Å²) in [5.41, 5.74) is 0.497. The van der Waals surface area contributed by atoms with Crippen LogP contribution >= 0.6 is 0 Å². The Morgan fingerprint density at radius 3 is 2.61 bits per heavy atom. The number of ether oxygens (including phenoxy) is 1. The summed E-state index contributed by atoms with van der Waals surface area (Å²) in [6.07, 6.45) is 0.915. The summed E-state index contributed by atoms with van der Waals surface area (Å²) in [5.74, 6) is -0.709. The fourth-order valence-corrected chi connectivity index (χ4v) is 1.75. The number of hydrogen-bond donors (Lipinski definition) is 2. The molecule has 1 saturated carbocycles. The van der Waals surface area contributed by atoms with Gasteiger partial charge >= 0.3 is 5.97 Å². The Morgan fingerprint density at radius 1 is 1.39 bits per heavy atom. The van der Waals surface area contributed by atoms with Gasteiger partial charge in [0.15, 0.2) is 6.10 Å². The van der Waals surface area contributed by atoms with E-state index in [1.807, 2.05) is 0 Å². The fraction of sp³-hybridized carbons (Fsp3) is 0.385. The predicted molar refractivity (Wildman–Crippen MR) is 65.5 cm³/mol. The summed E-state index contributed by atoms with van der Waals surface area (Å²) in [6.45, 7) is 1.40. The Balaban J connectivity index is 2.16. The second kappa shape index (κ2) is 5.08. The van der Waals surface area contributed by atoms with E-state index >= 15 is 0 Å². The van der Waals surface area contributed by atoms with Gasteiger partial charge in [0.2, 0.25) is 5.91 Å². The van der Waals surface area contributed by atoms with Crippen molar-refractivity contribution in [2.24, 2.45) is 5.92 Å². The molecule has 1 atom stereocenters. The van der Waals surface area contributed by atoms with E-state index in [1.54, 1.807) is 24.3 Å². The van der Waals surface area contributed by atoms with E-state index in [4.69, 9.17) is 9.84 Å². The zero-order valence-electron chi connectivity index (χ0n) is 10.1. The van der Waals surface area contributed by atoms with Crippen molar-refractivity contribution in [1.29, 1.82) is 0 Å². The second-order valence-corrected chi connectivity index (χ2v) is 4.39. The number of carbonyl (C=O) groups is 2. The van der Waals surface area contributed by atoms with Gasteiger partial charge in [-0.3, -0.25) is 4.79 Å². The molecule has 5 heteroatoms. The molecule has 2 rings (SSSR count). The third-order valence-corrected chi connectivity index (χ3v) is 2.75. The molecule has 0 bridgehead atoms. The summed E-state index contributed by atoms with van der Waals surface area (Å²) >= 11 is 0. The van der Waals surface area contributed by atoms with Gasteiger partial charge in [0, 0.05) is 12.8 Å².